The molecular weight excluding hydrogens is 206 g/mol. The van der Waals surface area contributed by atoms with Crippen LogP contribution in [0.15, 0.2) is 0 Å². The van der Waals surface area contributed by atoms with Gasteiger partial charge in [0, 0.05) is 19.2 Å². The van der Waals surface area contributed by atoms with Crippen molar-refractivity contribution in [2.75, 3.05) is 13.7 Å². The highest BCUT2D eigenvalue weighted by Gasteiger charge is 2.39. The lowest BCUT2D eigenvalue weighted by molar-refractivity contribution is -0.145. The molecule has 0 radical (unpaired) electrons. The van der Waals surface area contributed by atoms with Gasteiger partial charge in [-0.3, -0.25) is 9.69 Å². The van der Waals surface area contributed by atoms with E-state index in [1.165, 1.54) is 0 Å². The Hall–Kier alpha value is -0.610. The Balaban J connectivity index is 1.83. The number of piperidine rings is 1. The van der Waals surface area contributed by atoms with Gasteiger partial charge in [0.25, 0.3) is 0 Å². The molecule has 2 rings (SSSR count). The molecule has 2 unspecified atom stereocenters. The van der Waals surface area contributed by atoms with E-state index in [1.807, 2.05) is 0 Å². The van der Waals surface area contributed by atoms with Crippen molar-refractivity contribution in [2.45, 2.75) is 50.8 Å². The van der Waals surface area contributed by atoms with Gasteiger partial charge in [0.05, 0.1) is 12.0 Å². The number of hydrogen-bond acceptors (Lipinski definition) is 3. The number of hydrogen-bond donors (Lipinski definition) is 1. The van der Waals surface area contributed by atoms with Gasteiger partial charge in [-0.05, 0) is 39.2 Å². The highest BCUT2D eigenvalue weighted by molar-refractivity contribution is 5.70. The highest BCUT2D eigenvalue weighted by atomic mass is 16.5. The maximum atomic E-state index is 10.9. The molecule has 4 heteroatoms. The summed E-state index contributed by atoms with van der Waals surface area (Å²) in [6, 6.07) is 1.02. The molecule has 2 atom stereocenters. The number of carboxylic acids is 1. The van der Waals surface area contributed by atoms with E-state index in [-0.39, 0.29) is 5.92 Å². The van der Waals surface area contributed by atoms with Crippen LogP contribution >= 0.6 is 0 Å². The number of aliphatic carboxylic acids is 1. The molecular formula is C12H21NO3. The number of ether oxygens (including phenoxy) is 1. The summed E-state index contributed by atoms with van der Waals surface area (Å²) in [6.07, 6.45) is 4.24. The lowest BCUT2D eigenvalue weighted by Gasteiger charge is -2.47. The molecule has 0 amide bonds. The fourth-order valence-electron chi connectivity index (χ4n) is 2.96. The summed E-state index contributed by atoms with van der Waals surface area (Å²) in [7, 11) is 1.76. The molecule has 0 aromatic rings. The van der Waals surface area contributed by atoms with Crippen LogP contribution in [0, 0.1) is 5.92 Å². The zero-order chi connectivity index (χ0) is 11.7. The monoisotopic (exact) mass is 227 g/mol. The van der Waals surface area contributed by atoms with Crippen molar-refractivity contribution >= 4 is 5.97 Å². The number of likely N-dealkylation sites (tertiary alicyclic amines) is 1. The summed E-state index contributed by atoms with van der Waals surface area (Å²) in [6.45, 7) is 3.08. The number of methoxy groups -OCH3 is 1. The minimum atomic E-state index is -0.630. The van der Waals surface area contributed by atoms with Crippen LogP contribution in [-0.2, 0) is 9.53 Å². The minimum Gasteiger partial charge on any atom is -0.481 e. The van der Waals surface area contributed by atoms with Gasteiger partial charge >= 0.3 is 5.97 Å². The molecule has 1 heterocycles. The molecule has 4 nitrogen and oxygen atoms in total. The fourth-order valence-corrected chi connectivity index (χ4v) is 2.96. The summed E-state index contributed by atoms with van der Waals surface area (Å²) >= 11 is 0. The first-order chi connectivity index (χ1) is 7.61. The van der Waals surface area contributed by atoms with Crippen molar-refractivity contribution in [3.05, 3.63) is 0 Å². The summed E-state index contributed by atoms with van der Waals surface area (Å²) in [5, 5.41) is 8.99. The van der Waals surface area contributed by atoms with Crippen molar-refractivity contribution < 1.29 is 14.6 Å². The smallest absolute Gasteiger partial charge is 0.306 e. The van der Waals surface area contributed by atoms with Crippen molar-refractivity contribution in [1.82, 2.24) is 4.90 Å². The van der Waals surface area contributed by atoms with Crippen LogP contribution in [0.2, 0.25) is 0 Å². The quantitative estimate of drug-likeness (QED) is 0.790. The SMILES string of the molecule is COC1CC(N2CCC(C(=O)O)CC2C)C1. The molecule has 16 heavy (non-hydrogen) atoms. The Labute approximate surface area is 96.6 Å². The van der Waals surface area contributed by atoms with Gasteiger partial charge in [0.2, 0.25) is 0 Å². The lowest BCUT2D eigenvalue weighted by Crippen LogP contribution is -2.54. The van der Waals surface area contributed by atoms with Gasteiger partial charge in [-0.2, -0.15) is 0 Å². The predicted octanol–water partition coefficient (Wildman–Crippen LogP) is 1.35. The molecule has 2 fully saturated rings. The van der Waals surface area contributed by atoms with E-state index in [1.54, 1.807) is 7.11 Å². The molecule has 0 bridgehead atoms. The average molecular weight is 227 g/mol. The van der Waals surface area contributed by atoms with E-state index in [0.29, 0.717) is 18.2 Å². The van der Waals surface area contributed by atoms with Crippen LogP contribution in [0.25, 0.3) is 0 Å². The van der Waals surface area contributed by atoms with E-state index < -0.39 is 5.97 Å². The van der Waals surface area contributed by atoms with Gasteiger partial charge in [-0.15, -0.1) is 0 Å². The van der Waals surface area contributed by atoms with Crippen LogP contribution in [0.3, 0.4) is 0 Å². The highest BCUT2D eigenvalue weighted by Crippen LogP contribution is 2.33. The van der Waals surface area contributed by atoms with Crippen molar-refractivity contribution in [1.29, 1.82) is 0 Å². The van der Waals surface area contributed by atoms with Gasteiger partial charge in [0.15, 0.2) is 0 Å². The first-order valence-electron chi connectivity index (χ1n) is 6.13. The van der Waals surface area contributed by atoms with Crippen LogP contribution < -0.4 is 0 Å². The summed E-state index contributed by atoms with van der Waals surface area (Å²) in [5.74, 6) is -0.764. The second-order valence-electron chi connectivity index (χ2n) is 5.13. The van der Waals surface area contributed by atoms with Crippen molar-refractivity contribution in [3.63, 3.8) is 0 Å². The maximum absolute atomic E-state index is 10.9. The van der Waals surface area contributed by atoms with E-state index in [4.69, 9.17) is 9.84 Å². The second kappa shape index (κ2) is 4.72. The third-order valence-corrected chi connectivity index (χ3v) is 4.15. The van der Waals surface area contributed by atoms with Crippen molar-refractivity contribution in [2.24, 2.45) is 5.92 Å². The number of carbonyl (C=O) groups is 1. The largest absolute Gasteiger partial charge is 0.481 e. The van der Waals surface area contributed by atoms with E-state index in [0.717, 1.165) is 32.2 Å². The Morgan fingerprint density at radius 1 is 1.38 bits per heavy atom. The Morgan fingerprint density at radius 3 is 2.56 bits per heavy atom. The third kappa shape index (κ3) is 2.23. The standard InChI is InChI=1S/C12H21NO3/c1-8-5-9(12(14)15)3-4-13(8)10-6-11(7-10)16-2/h8-11H,3-7H2,1-2H3,(H,14,15). The van der Waals surface area contributed by atoms with Crippen LogP contribution in [-0.4, -0.2) is 47.8 Å². The number of rotatable bonds is 3. The maximum Gasteiger partial charge on any atom is 0.306 e. The Bertz CT molecular complexity index is 263. The first-order valence-corrected chi connectivity index (χ1v) is 6.13. The van der Waals surface area contributed by atoms with Crippen molar-refractivity contribution in [3.8, 4) is 0 Å². The molecule has 0 spiro atoms. The molecule has 0 aromatic carbocycles. The summed E-state index contributed by atoms with van der Waals surface area (Å²) < 4.78 is 5.28. The first kappa shape index (κ1) is 11.9. The van der Waals surface area contributed by atoms with Gasteiger partial charge < -0.3 is 9.84 Å². The Morgan fingerprint density at radius 2 is 2.06 bits per heavy atom. The lowest BCUT2D eigenvalue weighted by atomic mass is 9.83. The fraction of sp³-hybridized carbons (Fsp3) is 0.917. The molecule has 1 aliphatic heterocycles. The number of nitrogens with zero attached hydrogens (tertiary/aromatic N) is 1. The van der Waals surface area contributed by atoms with E-state index in [9.17, 15) is 4.79 Å². The zero-order valence-corrected chi connectivity index (χ0v) is 10.1. The zero-order valence-electron chi connectivity index (χ0n) is 10.1. The minimum absolute atomic E-state index is 0.135. The number of carboxylic acid groups (broad SMARTS) is 1. The molecule has 2 aliphatic rings. The van der Waals surface area contributed by atoms with Gasteiger partial charge in [-0.25, -0.2) is 0 Å². The summed E-state index contributed by atoms with van der Waals surface area (Å²) in [5.41, 5.74) is 0. The normalized spacial score (nSPS) is 40.4. The third-order valence-electron chi connectivity index (χ3n) is 4.15. The molecule has 92 valence electrons. The Kier molecular flexibility index (Phi) is 3.50. The molecule has 1 saturated carbocycles. The molecule has 0 aromatic heterocycles. The van der Waals surface area contributed by atoms with Gasteiger partial charge in [-0.1, -0.05) is 0 Å². The second-order valence-corrected chi connectivity index (χ2v) is 5.13. The molecule has 1 aliphatic carbocycles. The van der Waals surface area contributed by atoms with Crippen LogP contribution in [0.5, 0.6) is 0 Å². The van der Waals surface area contributed by atoms with Crippen LogP contribution in [0.4, 0.5) is 0 Å². The van der Waals surface area contributed by atoms with Crippen LogP contribution in [0.1, 0.15) is 32.6 Å². The molecule has 1 N–H and O–H groups in total. The summed E-state index contributed by atoms with van der Waals surface area (Å²) in [4.78, 5) is 13.4. The predicted molar refractivity (Wildman–Crippen MR) is 60.3 cm³/mol. The van der Waals surface area contributed by atoms with Gasteiger partial charge in [0.1, 0.15) is 0 Å². The van der Waals surface area contributed by atoms with E-state index in [2.05, 4.69) is 11.8 Å². The topological polar surface area (TPSA) is 49.8 Å². The molecule has 1 saturated heterocycles. The van der Waals surface area contributed by atoms with E-state index >= 15 is 0 Å². The average Bonchev–Trinajstić information content (AvgIpc) is 2.18.